The number of nitrogen functional groups attached to an aromatic ring is 1. The topological polar surface area (TPSA) is 50.9 Å². The van der Waals surface area contributed by atoms with Crippen LogP contribution < -0.4 is 11.1 Å². The van der Waals surface area contributed by atoms with Gasteiger partial charge in [0, 0.05) is 5.54 Å². The van der Waals surface area contributed by atoms with E-state index in [1.807, 2.05) is 12.1 Å². The van der Waals surface area contributed by atoms with Gasteiger partial charge in [0.25, 0.3) is 0 Å². The second-order valence-corrected chi connectivity index (χ2v) is 3.99. The summed E-state index contributed by atoms with van der Waals surface area (Å²) >= 11 is 0. The fourth-order valence-electron chi connectivity index (χ4n) is 1.66. The maximum atomic E-state index is 5.59. The van der Waals surface area contributed by atoms with Gasteiger partial charge in [0.2, 0.25) is 0 Å². The lowest BCUT2D eigenvalue weighted by Crippen LogP contribution is -2.41. The minimum atomic E-state index is 0.251. The predicted octanol–water partition coefficient (Wildman–Crippen LogP) is 2.02. The Labute approximate surface area is 78.4 Å². The molecule has 0 aromatic carbocycles. The number of nitrogens with zero attached hydrogens (tertiary/aromatic N) is 1. The van der Waals surface area contributed by atoms with Gasteiger partial charge in [-0.3, -0.25) is 0 Å². The fraction of sp³-hybridized carbons (Fsp3) is 0.500. The number of aromatic nitrogens is 1. The first kappa shape index (κ1) is 8.35. The number of pyridine rings is 1. The molecule has 0 bridgehead atoms. The molecule has 3 heteroatoms. The van der Waals surface area contributed by atoms with Crippen LogP contribution in [0.15, 0.2) is 18.2 Å². The Morgan fingerprint density at radius 3 is 2.77 bits per heavy atom. The summed E-state index contributed by atoms with van der Waals surface area (Å²) < 4.78 is 0. The molecule has 0 radical (unpaired) electrons. The maximum Gasteiger partial charge on any atom is 0.128 e. The van der Waals surface area contributed by atoms with Gasteiger partial charge in [-0.05, 0) is 38.3 Å². The smallest absolute Gasteiger partial charge is 0.128 e. The molecule has 0 atom stereocenters. The summed E-state index contributed by atoms with van der Waals surface area (Å²) in [5.41, 5.74) is 5.84. The van der Waals surface area contributed by atoms with Crippen LogP contribution in [0.4, 0.5) is 11.6 Å². The van der Waals surface area contributed by atoms with Crippen LogP contribution in [0.2, 0.25) is 0 Å². The van der Waals surface area contributed by atoms with E-state index in [1.165, 1.54) is 19.3 Å². The number of rotatable bonds is 2. The number of nitrogens with one attached hydrogen (secondary N) is 1. The highest BCUT2D eigenvalue weighted by molar-refractivity contribution is 5.44. The summed E-state index contributed by atoms with van der Waals surface area (Å²) in [7, 11) is 0. The predicted molar refractivity (Wildman–Crippen MR) is 54.5 cm³/mol. The second-order valence-electron chi connectivity index (χ2n) is 3.99. The van der Waals surface area contributed by atoms with Crippen LogP contribution in [0.1, 0.15) is 26.2 Å². The van der Waals surface area contributed by atoms with Crippen LogP contribution in [0.25, 0.3) is 0 Å². The zero-order valence-corrected chi connectivity index (χ0v) is 7.88. The number of hydrogen-bond donors (Lipinski definition) is 2. The van der Waals surface area contributed by atoms with Crippen molar-refractivity contribution in [2.24, 2.45) is 0 Å². The first-order chi connectivity index (χ1) is 6.18. The molecular formula is C10H15N3. The highest BCUT2D eigenvalue weighted by Gasteiger charge is 2.31. The van der Waals surface area contributed by atoms with Crippen LogP contribution >= 0.6 is 0 Å². The van der Waals surface area contributed by atoms with Gasteiger partial charge in [0.15, 0.2) is 0 Å². The first-order valence-corrected chi connectivity index (χ1v) is 4.69. The molecule has 1 aliphatic carbocycles. The minimum absolute atomic E-state index is 0.251. The van der Waals surface area contributed by atoms with Crippen molar-refractivity contribution in [1.82, 2.24) is 4.98 Å². The average Bonchev–Trinajstić information content (AvgIpc) is 2.01. The molecule has 0 unspecified atom stereocenters. The molecule has 3 N–H and O–H groups in total. The van der Waals surface area contributed by atoms with E-state index in [-0.39, 0.29) is 5.54 Å². The van der Waals surface area contributed by atoms with Crippen LogP contribution in [0, 0.1) is 0 Å². The third kappa shape index (κ3) is 1.74. The van der Waals surface area contributed by atoms with Crippen molar-refractivity contribution < 1.29 is 0 Å². The highest BCUT2D eigenvalue weighted by Crippen LogP contribution is 2.34. The summed E-state index contributed by atoms with van der Waals surface area (Å²) in [6, 6.07) is 5.68. The van der Waals surface area contributed by atoms with Gasteiger partial charge < -0.3 is 11.1 Å². The lowest BCUT2D eigenvalue weighted by atomic mass is 9.78. The molecule has 1 saturated carbocycles. The maximum absolute atomic E-state index is 5.59. The van der Waals surface area contributed by atoms with Gasteiger partial charge in [0.05, 0.1) is 0 Å². The lowest BCUT2D eigenvalue weighted by Gasteiger charge is -2.39. The van der Waals surface area contributed by atoms with Crippen LogP contribution in [0.3, 0.4) is 0 Å². The molecule has 1 aromatic heterocycles. The van der Waals surface area contributed by atoms with Crippen LogP contribution in [-0.2, 0) is 0 Å². The fourth-order valence-corrected chi connectivity index (χ4v) is 1.66. The standard InChI is InChI=1S/C10H15N3/c1-10(6-3-7-10)13-9-5-2-4-8(11)12-9/h2,4-5H,3,6-7H2,1H3,(H3,11,12,13). The third-order valence-electron chi connectivity index (χ3n) is 2.66. The zero-order chi connectivity index (χ0) is 9.31. The van der Waals surface area contributed by atoms with Crippen LogP contribution in [-0.4, -0.2) is 10.5 Å². The monoisotopic (exact) mass is 177 g/mol. The van der Waals surface area contributed by atoms with E-state index in [4.69, 9.17) is 5.73 Å². The summed E-state index contributed by atoms with van der Waals surface area (Å²) in [5.74, 6) is 1.47. The molecule has 1 aliphatic rings. The van der Waals surface area contributed by atoms with Crippen molar-refractivity contribution in [1.29, 1.82) is 0 Å². The van der Waals surface area contributed by atoms with Gasteiger partial charge in [-0.1, -0.05) is 6.07 Å². The second kappa shape index (κ2) is 2.91. The Bertz CT molecular complexity index is 305. The molecule has 13 heavy (non-hydrogen) atoms. The van der Waals surface area contributed by atoms with Gasteiger partial charge >= 0.3 is 0 Å². The first-order valence-electron chi connectivity index (χ1n) is 4.69. The SMILES string of the molecule is CC1(Nc2cccc(N)n2)CCC1. The van der Waals surface area contributed by atoms with Crippen LogP contribution in [0.5, 0.6) is 0 Å². The van der Waals surface area contributed by atoms with E-state index in [0.29, 0.717) is 5.82 Å². The summed E-state index contributed by atoms with van der Waals surface area (Å²) in [5, 5.41) is 3.40. The lowest BCUT2D eigenvalue weighted by molar-refractivity contribution is 0.306. The number of nitrogens with two attached hydrogens (primary N) is 1. The molecule has 2 rings (SSSR count). The molecular weight excluding hydrogens is 162 g/mol. The van der Waals surface area contributed by atoms with E-state index < -0.39 is 0 Å². The summed E-state index contributed by atoms with van der Waals surface area (Å²) in [4.78, 5) is 4.21. The van der Waals surface area contributed by atoms with Gasteiger partial charge in [-0.2, -0.15) is 0 Å². The van der Waals surface area contributed by atoms with Crippen molar-refractivity contribution >= 4 is 11.6 Å². The van der Waals surface area contributed by atoms with Gasteiger partial charge in [-0.15, -0.1) is 0 Å². The number of anilines is 2. The molecule has 1 fully saturated rings. The molecule has 0 spiro atoms. The molecule has 70 valence electrons. The summed E-state index contributed by atoms with van der Waals surface area (Å²) in [6.45, 7) is 2.22. The minimum Gasteiger partial charge on any atom is -0.384 e. The normalized spacial score (nSPS) is 19.2. The average molecular weight is 177 g/mol. The van der Waals surface area contributed by atoms with E-state index in [9.17, 15) is 0 Å². The van der Waals surface area contributed by atoms with Crippen molar-refractivity contribution in [3.63, 3.8) is 0 Å². The number of hydrogen-bond acceptors (Lipinski definition) is 3. The Morgan fingerprint density at radius 1 is 1.46 bits per heavy atom. The Morgan fingerprint density at radius 2 is 2.23 bits per heavy atom. The Kier molecular flexibility index (Phi) is 1.87. The highest BCUT2D eigenvalue weighted by atomic mass is 15.1. The Hall–Kier alpha value is -1.25. The van der Waals surface area contributed by atoms with Gasteiger partial charge in [0.1, 0.15) is 11.6 Å². The van der Waals surface area contributed by atoms with Gasteiger partial charge in [-0.25, -0.2) is 4.98 Å². The van der Waals surface area contributed by atoms with Crippen molar-refractivity contribution in [2.75, 3.05) is 11.1 Å². The molecule has 3 nitrogen and oxygen atoms in total. The summed E-state index contributed by atoms with van der Waals surface area (Å²) in [6.07, 6.45) is 3.76. The quantitative estimate of drug-likeness (QED) is 0.726. The largest absolute Gasteiger partial charge is 0.384 e. The molecule has 0 saturated heterocycles. The third-order valence-corrected chi connectivity index (χ3v) is 2.66. The zero-order valence-electron chi connectivity index (χ0n) is 7.88. The molecule has 0 aliphatic heterocycles. The Balaban J connectivity index is 2.09. The van der Waals surface area contributed by atoms with E-state index in [2.05, 4.69) is 17.2 Å². The van der Waals surface area contributed by atoms with E-state index >= 15 is 0 Å². The molecule has 1 aromatic rings. The van der Waals surface area contributed by atoms with Crippen molar-refractivity contribution in [3.05, 3.63) is 18.2 Å². The van der Waals surface area contributed by atoms with E-state index in [0.717, 1.165) is 5.82 Å². The molecule has 1 heterocycles. The van der Waals surface area contributed by atoms with Crippen molar-refractivity contribution in [2.45, 2.75) is 31.7 Å². The van der Waals surface area contributed by atoms with E-state index in [1.54, 1.807) is 6.07 Å². The molecule has 0 amide bonds. The van der Waals surface area contributed by atoms with Crippen molar-refractivity contribution in [3.8, 4) is 0 Å².